The zero-order valence-electron chi connectivity index (χ0n) is 19.2. The highest BCUT2D eigenvalue weighted by Crippen LogP contribution is 2.36. The number of hydrogen-bond acceptors (Lipinski definition) is 9. The van der Waals surface area contributed by atoms with E-state index in [0.717, 1.165) is 16.3 Å². The molecule has 5 rings (SSSR count). The molecule has 0 aliphatic carbocycles. The Bertz CT molecular complexity index is 1320. The van der Waals surface area contributed by atoms with E-state index in [1.165, 1.54) is 6.33 Å². The molecule has 0 radical (unpaired) electrons. The van der Waals surface area contributed by atoms with E-state index in [9.17, 15) is 5.11 Å². The van der Waals surface area contributed by atoms with Crippen molar-refractivity contribution in [2.75, 3.05) is 19.5 Å². The summed E-state index contributed by atoms with van der Waals surface area (Å²) in [7, 11) is 1.59. The van der Waals surface area contributed by atoms with Crippen molar-refractivity contribution in [3.63, 3.8) is 0 Å². The number of anilines is 1. The van der Waals surface area contributed by atoms with Crippen molar-refractivity contribution in [1.29, 1.82) is 0 Å². The molecule has 4 heterocycles. The predicted molar refractivity (Wildman–Crippen MR) is 125 cm³/mol. The Morgan fingerprint density at radius 1 is 1.21 bits per heavy atom. The molecule has 0 saturated carbocycles. The SMILES string of the molecule is COc1ccc2ccc(OC[C@@H]3C[C@@H](OC(C)(C)O)[C@H](n4ccc5c(N)ncnc54)O3)cc2n1. The number of ether oxygens (including phenoxy) is 4. The minimum atomic E-state index is -1.33. The topological polar surface area (TPSA) is 127 Å². The second-order valence-electron chi connectivity index (χ2n) is 8.73. The first kappa shape index (κ1) is 22.3. The largest absolute Gasteiger partial charge is 0.491 e. The maximum atomic E-state index is 10.3. The zero-order chi connectivity index (χ0) is 23.9. The van der Waals surface area contributed by atoms with Gasteiger partial charge in [0.05, 0.1) is 24.1 Å². The van der Waals surface area contributed by atoms with Crippen molar-refractivity contribution in [3.05, 3.63) is 48.9 Å². The molecule has 1 aromatic carbocycles. The van der Waals surface area contributed by atoms with E-state index < -0.39 is 18.1 Å². The minimum Gasteiger partial charge on any atom is -0.491 e. The van der Waals surface area contributed by atoms with Gasteiger partial charge in [-0.1, -0.05) is 0 Å². The Kier molecular flexibility index (Phi) is 5.72. The van der Waals surface area contributed by atoms with Crippen LogP contribution in [-0.4, -0.2) is 56.3 Å². The number of pyridine rings is 1. The van der Waals surface area contributed by atoms with Crippen LogP contribution >= 0.6 is 0 Å². The number of fused-ring (bicyclic) bond motifs is 2. The lowest BCUT2D eigenvalue weighted by Crippen LogP contribution is -2.33. The Morgan fingerprint density at radius 3 is 2.82 bits per heavy atom. The number of rotatable bonds is 7. The van der Waals surface area contributed by atoms with Gasteiger partial charge in [0.25, 0.3) is 0 Å². The summed E-state index contributed by atoms with van der Waals surface area (Å²) in [5.74, 6) is 0.277. The quantitative estimate of drug-likeness (QED) is 0.396. The first-order chi connectivity index (χ1) is 16.3. The van der Waals surface area contributed by atoms with Crippen LogP contribution in [0.4, 0.5) is 5.82 Å². The average Bonchev–Trinajstić information content (AvgIpc) is 3.40. The number of nitrogen functional groups attached to an aromatic ring is 1. The van der Waals surface area contributed by atoms with E-state index in [1.807, 2.05) is 47.2 Å². The Balaban J connectivity index is 1.35. The van der Waals surface area contributed by atoms with Gasteiger partial charge in [-0.2, -0.15) is 0 Å². The molecule has 3 aromatic heterocycles. The molecule has 1 aliphatic heterocycles. The number of nitrogens with two attached hydrogens (primary N) is 1. The molecule has 1 aliphatic rings. The normalized spacial score (nSPS) is 20.8. The van der Waals surface area contributed by atoms with Gasteiger partial charge in [-0.25, -0.2) is 15.0 Å². The van der Waals surface area contributed by atoms with Crippen LogP contribution in [0.3, 0.4) is 0 Å². The fourth-order valence-electron chi connectivity index (χ4n) is 4.21. The van der Waals surface area contributed by atoms with Gasteiger partial charge in [0.1, 0.15) is 36.3 Å². The lowest BCUT2D eigenvalue weighted by Gasteiger charge is -2.27. The molecule has 0 unspecified atom stereocenters. The molecular weight excluding hydrogens is 438 g/mol. The van der Waals surface area contributed by atoms with Gasteiger partial charge in [0.2, 0.25) is 5.88 Å². The molecule has 10 nitrogen and oxygen atoms in total. The Labute approximate surface area is 196 Å². The van der Waals surface area contributed by atoms with Gasteiger partial charge in [-0.3, -0.25) is 0 Å². The maximum Gasteiger partial charge on any atom is 0.213 e. The minimum absolute atomic E-state index is 0.275. The molecule has 178 valence electrons. The number of aliphatic hydroxyl groups is 1. The fraction of sp³-hybridized carbons (Fsp3) is 0.375. The monoisotopic (exact) mass is 465 g/mol. The Hall–Kier alpha value is -3.47. The number of nitrogens with zero attached hydrogens (tertiary/aromatic N) is 4. The summed E-state index contributed by atoms with van der Waals surface area (Å²) in [6.07, 6.45) is 2.56. The summed E-state index contributed by atoms with van der Waals surface area (Å²) >= 11 is 0. The first-order valence-electron chi connectivity index (χ1n) is 11.0. The number of hydrogen-bond donors (Lipinski definition) is 2. The van der Waals surface area contributed by atoms with E-state index in [0.29, 0.717) is 36.1 Å². The highest BCUT2D eigenvalue weighted by Gasteiger charge is 2.41. The second-order valence-corrected chi connectivity index (χ2v) is 8.73. The molecule has 1 fully saturated rings. The van der Waals surface area contributed by atoms with Crippen molar-refractivity contribution in [2.24, 2.45) is 0 Å². The zero-order valence-corrected chi connectivity index (χ0v) is 19.2. The Morgan fingerprint density at radius 2 is 2.03 bits per heavy atom. The summed E-state index contributed by atoms with van der Waals surface area (Å²) in [5.41, 5.74) is 7.41. The van der Waals surface area contributed by atoms with Crippen molar-refractivity contribution in [2.45, 2.75) is 44.5 Å². The molecular formula is C24H27N5O5. The second kappa shape index (κ2) is 8.71. The molecule has 3 atom stereocenters. The smallest absolute Gasteiger partial charge is 0.213 e. The average molecular weight is 466 g/mol. The maximum absolute atomic E-state index is 10.3. The molecule has 3 N–H and O–H groups in total. The van der Waals surface area contributed by atoms with E-state index in [2.05, 4.69) is 15.0 Å². The van der Waals surface area contributed by atoms with Gasteiger partial charge in [0, 0.05) is 30.1 Å². The molecule has 34 heavy (non-hydrogen) atoms. The summed E-state index contributed by atoms with van der Waals surface area (Å²) in [6, 6.07) is 11.3. The van der Waals surface area contributed by atoms with Crippen LogP contribution in [0.15, 0.2) is 48.9 Å². The molecule has 0 spiro atoms. The summed E-state index contributed by atoms with van der Waals surface area (Å²) in [4.78, 5) is 12.9. The first-order valence-corrected chi connectivity index (χ1v) is 11.0. The highest BCUT2D eigenvalue weighted by atomic mass is 16.7. The van der Waals surface area contributed by atoms with Crippen LogP contribution in [0, 0.1) is 0 Å². The van der Waals surface area contributed by atoms with Crippen LogP contribution in [0.25, 0.3) is 21.9 Å². The van der Waals surface area contributed by atoms with Gasteiger partial charge in [0.15, 0.2) is 12.0 Å². The summed E-state index contributed by atoms with van der Waals surface area (Å²) in [6.45, 7) is 3.49. The van der Waals surface area contributed by atoms with Gasteiger partial charge >= 0.3 is 0 Å². The van der Waals surface area contributed by atoms with Crippen LogP contribution in [-0.2, 0) is 9.47 Å². The highest BCUT2D eigenvalue weighted by molar-refractivity contribution is 5.86. The van der Waals surface area contributed by atoms with Crippen molar-refractivity contribution >= 4 is 27.8 Å². The third-order valence-corrected chi connectivity index (χ3v) is 5.68. The fourth-order valence-corrected chi connectivity index (χ4v) is 4.21. The summed E-state index contributed by atoms with van der Waals surface area (Å²) < 4.78 is 25.4. The predicted octanol–water partition coefficient (Wildman–Crippen LogP) is 3.05. The lowest BCUT2D eigenvalue weighted by molar-refractivity contribution is -0.222. The van der Waals surface area contributed by atoms with Crippen molar-refractivity contribution in [3.8, 4) is 11.6 Å². The molecule has 10 heteroatoms. The van der Waals surface area contributed by atoms with E-state index in [1.54, 1.807) is 21.0 Å². The third kappa shape index (κ3) is 4.47. The van der Waals surface area contributed by atoms with Crippen LogP contribution < -0.4 is 15.2 Å². The van der Waals surface area contributed by atoms with Gasteiger partial charge in [-0.15, -0.1) is 0 Å². The van der Waals surface area contributed by atoms with Crippen LogP contribution in [0.2, 0.25) is 0 Å². The molecule has 1 saturated heterocycles. The van der Waals surface area contributed by atoms with Crippen molar-refractivity contribution < 1.29 is 24.1 Å². The lowest BCUT2D eigenvalue weighted by atomic mass is 10.2. The van der Waals surface area contributed by atoms with E-state index in [4.69, 9.17) is 24.7 Å². The molecule has 0 amide bonds. The van der Waals surface area contributed by atoms with Crippen molar-refractivity contribution in [1.82, 2.24) is 19.5 Å². The number of benzene rings is 1. The number of methoxy groups -OCH3 is 1. The molecule has 0 bridgehead atoms. The standard InChI is InChI=1S/C24H27N5O5/c1-24(2,30)34-19-11-16(33-23(19)29-9-8-17-21(25)26-13-27-22(17)29)12-32-15-6-4-14-5-7-20(31-3)28-18(14)10-15/h4-10,13,16,19,23,30H,11-12H2,1-3H3,(H2,25,26,27)/t16-,19+,23+/m0/s1. The summed E-state index contributed by atoms with van der Waals surface area (Å²) in [5, 5.41) is 12.0. The van der Waals surface area contributed by atoms with Gasteiger partial charge in [-0.05, 0) is 38.1 Å². The van der Waals surface area contributed by atoms with E-state index in [-0.39, 0.29) is 6.10 Å². The van der Waals surface area contributed by atoms with Crippen LogP contribution in [0.1, 0.15) is 26.5 Å². The van der Waals surface area contributed by atoms with Crippen LogP contribution in [0.5, 0.6) is 11.6 Å². The number of aromatic nitrogens is 4. The molecule has 4 aromatic rings. The van der Waals surface area contributed by atoms with E-state index >= 15 is 0 Å². The van der Waals surface area contributed by atoms with Gasteiger partial charge < -0.3 is 34.4 Å². The third-order valence-electron chi connectivity index (χ3n) is 5.68.